The van der Waals surface area contributed by atoms with E-state index >= 15 is 0 Å². The molecule has 0 rings (SSSR count). The van der Waals surface area contributed by atoms with Gasteiger partial charge >= 0.3 is 0 Å². The minimum atomic E-state index is -3.23. The predicted molar refractivity (Wildman–Crippen MR) is 57.7 cm³/mol. The van der Waals surface area contributed by atoms with Crippen molar-refractivity contribution in [1.29, 1.82) is 0 Å². The van der Waals surface area contributed by atoms with Crippen molar-refractivity contribution in [2.24, 2.45) is 0 Å². The van der Waals surface area contributed by atoms with Gasteiger partial charge < -0.3 is 0 Å². The molecule has 0 aliphatic heterocycles. The maximum atomic E-state index is 10.5. The summed E-state index contributed by atoms with van der Waals surface area (Å²) >= 11 is 3.35. The summed E-state index contributed by atoms with van der Waals surface area (Å²) in [6.07, 6.45) is 6.49. The zero-order valence-corrected chi connectivity index (χ0v) is 10.4. The van der Waals surface area contributed by atoms with E-state index in [1.165, 1.54) is 12.8 Å². The van der Waals surface area contributed by atoms with Crippen LogP contribution in [0.4, 0.5) is 0 Å². The SMILES string of the molecule is CS(=O)(=O)OCCCCCCCBr. The summed E-state index contributed by atoms with van der Waals surface area (Å²) in [5.41, 5.74) is 0. The highest BCUT2D eigenvalue weighted by Gasteiger charge is 1.99. The summed E-state index contributed by atoms with van der Waals surface area (Å²) in [6, 6.07) is 0. The molecule has 0 aliphatic carbocycles. The standard InChI is InChI=1S/C8H17BrO3S/c1-13(10,11)12-8-6-4-2-3-5-7-9/h2-8H2,1H3. The van der Waals surface area contributed by atoms with Crippen LogP contribution in [0, 0.1) is 0 Å². The molecule has 0 radical (unpaired) electrons. The minimum absolute atomic E-state index is 0.327. The van der Waals surface area contributed by atoms with Crippen molar-refractivity contribution in [1.82, 2.24) is 0 Å². The first-order valence-corrected chi connectivity index (χ1v) is 7.40. The maximum Gasteiger partial charge on any atom is 0.264 e. The third kappa shape index (κ3) is 12.4. The number of hydrogen-bond acceptors (Lipinski definition) is 3. The topological polar surface area (TPSA) is 43.4 Å². The van der Waals surface area contributed by atoms with Crippen LogP contribution in [-0.4, -0.2) is 26.6 Å². The third-order valence-corrected chi connectivity index (χ3v) is 2.73. The van der Waals surface area contributed by atoms with Crippen molar-refractivity contribution in [2.45, 2.75) is 32.1 Å². The van der Waals surface area contributed by atoms with E-state index in [-0.39, 0.29) is 0 Å². The highest BCUT2D eigenvalue weighted by Crippen LogP contribution is 2.05. The first-order valence-electron chi connectivity index (χ1n) is 4.46. The molecule has 0 saturated heterocycles. The van der Waals surface area contributed by atoms with E-state index in [1.807, 2.05) is 0 Å². The van der Waals surface area contributed by atoms with Gasteiger partial charge in [-0.2, -0.15) is 8.42 Å². The lowest BCUT2D eigenvalue weighted by Crippen LogP contribution is -2.03. The Morgan fingerprint density at radius 2 is 1.62 bits per heavy atom. The van der Waals surface area contributed by atoms with Crippen molar-refractivity contribution < 1.29 is 12.6 Å². The van der Waals surface area contributed by atoms with Gasteiger partial charge in [-0.05, 0) is 12.8 Å². The lowest BCUT2D eigenvalue weighted by atomic mass is 10.2. The number of halogens is 1. The van der Waals surface area contributed by atoms with Crippen molar-refractivity contribution in [3.05, 3.63) is 0 Å². The van der Waals surface area contributed by atoms with E-state index in [9.17, 15) is 8.42 Å². The molecular formula is C8H17BrO3S. The summed E-state index contributed by atoms with van der Waals surface area (Å²) < 4.78 is 25.7. The Balaban J connectivity index is 3.09. The summed E-state index contributed by atoms with van der Waals surface area (Å²) in [7, 11) is -3.23. The molecule has 5 heteroatoms. The fourth-order valence-corrected chi connectivity index (χ4v) is 1.75. The maximum absolute atomic E-state index is 10.5. The van der Waals surface area contributed by atoms with Gasteiger partial charge in [-0.25, -0.2) is 0 Å². The number of alkyl halides is 1. The van der Waals surface area contributed by atoms with Gasteiger partial charge in [-0.1, -0.05) is 35.2 Å². The van der Waals surface area contributed by atoms with Crippen LogP contribution in [0.3, 0.4) is 0 Å². The molecule has 0 aromatic rings. The molecule has 0 fully saturated rings. The fraction of sp³-hybridized carbons (Fsp3) is 1.00. The van der Waals surface area contributed by atoms with Gasteiger partial charge in [0.1, 0.15) is 0 Å². The minimum Gasteiger partial charge on any atom is -0.270 e. The first-order chi connectivity index (χ1) is 6.06. The van der Waals surface area contributed by atoms with Crippen molar-refractivity contribution in [2.75, 3.05) is 18.2 Å². The van der Waals surface area contributed by atoms with Gasteiger partial charge in [0, 0.05) is 5.33 Å². The number of rotatable bonds is 8. The smallest absolute Gasteiger partial charge is 0.264 e. The molecule has 0 heterocycles. The second kappa shape index (κ2) is 7.76. The molecule has 0 atom stereocenters. The third-order valence-electron chi connectivity index (χ3n) is 1.58. The zero-order valence-electron chi connectivity index (χ0n) is 7.96. The van der Waals surface area contributed by atoms with Crippen molar-refractivity contribution in [3.63, 3.8) is 0 Å². The average Bonchev–Trinajstić information content (AvgIpc) is 2.01. The summed E-state index contributed by atoms with van der Waals surface area (Å²) in [6.45, 7) is 0.327. The molecule has 0 aliphatic rings. The molecule has 80 valence electrons. The Morgan fingerprint density at radius 3 is 2.15 bits per heavy atom. The molecule has 0 saturated carbocycles. The molecule has 0 unspecified atom stereocenters. The van der Waals surface area contributed by atoms with E-state index in [2.05, 4.69) is 20.1 Å². The molecule has 13 heavy (non-hydrogen) atoms. The zero-order chi connectivity index (χ0) is 10.2. The van der Waals surface area contributed by atoms with Crippen LogP contribution in [0.1, 0.15) is 32.1 Å². The van der Waals surface area contributed by atoms with Gasteiger partial charge in [0.25, 0.3) is 10.1 Å². The molecule has 0 bridgehead atoms. The Morgan fingerprint density at radius 1 is 1.08 bits per heavy atom. The van der Waals surface area contributed by atoms with Gasteiger partial charge in [0.2, 0.25) is 0 Å². The second-order valence-electron chi connectivity index (χ2n) is 2.98. The summed E-state index contributed by atoms with van der Waals surface area (Å²) in [5, 5.41) is 1.05. The first kappa shape index (κ1) is 13.4. The quantitative estimate of drug-likeness (QED) is 0.387. The Hall–Kier alpha value is 0.390. The highest BCUT2D eigenvalue weighted by molar-refractivity contribution is 9.09. The molecule has 0 spiro atoms. The number of unbranched alkanes of at least 4 members (excludes halogenated alkanes) is 4. The molecule has 0 N–H and O–H groups in total. The molecule has 0 amide bonds. The van der Waals surface area contributed by atoms with Crippen LogP contribution in [0.5, 0.6) is 0 Å². The molecule has 3 nitrogen and oxygen atoms in total. The van der Waals surface area contributed by atoms with E-state index in [0.29, 0.717) is 6.61 Å². The lowest BCUT2D eigenvalue weighted by molar-refractivity contribution is 0.310. The predicted octanol–water partition coefficient (Wildman–Crippen LogP) is 2.31. The average molecular weight is 273 g/mol. The molecular weight excluding hydrogens is 256 g/mol. The fourth-order valence-electron chi connectivity index (χ4n) is 0.937. The van der Waals surface area contributed by atoms with Crippen molar-refractivity contribution in [3.8, 4) is 0 Å². The van der Waals surface area contributed by atoms with E-state index in [1.54, 1.807) is 0 Å². The largest absolute Gasteiger partial charge is 0.270 e. The van der Waals surface area contributed by atoms with Gasteiger partial charge in [-0.15, -0.1) is 0 Å². The van der Waals surface area contributed by atoms with Crippen molar-refractivity contribution >= 4 is 26.0 Å². The van der Waals surface area contributed by atoms with E-state index in [4.69, 9.17) is 0 Å². The van der Waals surface area contributed by atoms with Gasteiger partial charge in [0.15, 0.2) is 0 Å². The van der Waals surface area contributed by atoms with Crippen LogP contribution >= 0.6 is 15.9 Å². The normalized spacial score (nSPS) is 11.8. The highest BCUT2D eigenvalue weighted by atomic mass is 79.9. The van der Waals surface area contributed by atoms with Crippen LogP contribution < -0.4 is 0 Å². The monoisotopic (exact) mass is 272 g/mol. The van der Waals surface area contributed by atoms with Crippen LogP contribution in [0.2, 0.25) is 0 Å². The van der Waals surface area contributed by atoms with E-state index < -0.39 is 10.1 Å². The summed E-state index contributed by atoms with van der Waals surface area (Å²) in [5.74, 6) is 0. The Labute approximate surface area is 89.1 Å². The van der Waals surface area contributed by atoms with Gasteiger partial charge in [0.05, 0.1) is 12.9 Å². The molecule has 0 aromatic carbocycles. The Bertz CT molecular complexity index is 201. The van der Waals surface area contributed by atoms with Crippen LogP contribution in [-0.2, 0) is 14.3 Å². The van der Waals surface area contributed by atoms with E-state index in [0.717, 1.165) is 30.8 Å². The second-order valence-corrected chi connectivity index (χ2v) is 5.42. The lowest BCUT2D eigenvalue weighted by Gasteiger charge is -2.00. The van der Waals surface area contributed by atoms with Crippen LogP contribution in [0.25, 0.3) is 0 Å². The number of hydrogen-bond donors (Lipinski definition) is 0. The summed E-state index contributed by atoms with van der Waals surface area (Å²) in [4.78, 5) is 0. The van der Waals surface area contributed by atoms with Crippen LogP contribution in [0.15, 0.2) is 0 Å². The molecule has 0 aromatic heterocycles. The van der Waals surface area contributed by atoms with Gasteiger partial charge in [-0.3, -0.25) is 4.18 Å². The Kier molecular flexibility index (Phi) is 8.00.